The smallest absolute Gasteiger partial charge is 0.242 e. The molecule has 0 aliphatic rings. The summed E-state index contributed by atoms with van der Waals surface area (Å²) >= 11 is 5.81. The lowest BCUT2D eigenvalue weighted by molar-refractivity contribution is -0.122. The average Bonchev–Trinajstić information content (AvgIpc) is 2.26. The van der Waals surface area contributed by atoms with Crippen LogP contribution in [0, 0.1) is 0 Å². The van der Waals surface area contributed by atoms with Gasteiger partial charge in [0.05, 0.1) is 0 Å². The van der Waals surface area contributed by atoms with E-state index < -0.39 is 6.04 Å². The van der Waals surface area contributed by atoms with Crippen LogP contribution in [0.3, 0.4) is 0 Å². The second-order valence-electron chi connectivity index (χ2n) is 5.39. The van der Waals surface area contributed by atoms with Crippen LogP contribution in [0.4, 0.5) is 11.9 Å². The molecule has 112 valence electrons. The lowest BCUT2D eigenvalue weighted by atomic mass is 10.1. The van der Waals surface area contributed by atoms with E-state index in [9.17, 15) is 4.79 Å². The van der Waals surface area contributed by atoms with Gasteiger partial charge in [-0.15, -0.1) is 0 Å². The fourth-order valence-corrected chi connectivity index (χ4v) is 1.55. The summed E-state index contributed by atoms with van der Waals surface area (Å²) in [4.78, 5) is 24.0. The van der Waals surface area contributed by atoms with Crippen molar-refractivity contribution in [2.45, 2.75) is 46.2 Å². The topological polar surface area (TPSA) is 91.8 Å². The van der Waals surface area contributed by atoms with Crippen molar-refractivity contribution in [3.8, 4) is 0 Å². The molecule has 1 aromatic heterocycles. The molecule has 1 amide bonds. The van der Waals surface area contributed by atoms with Crippen molar-refractivity contribution in [3.63, 3.8) is 0 Å². The van der Waals surface area contributed by atoms with Gasteiger partial charge in [-0.25, -0.2) is 0 Å². The van der Waals surface area contributed by atoms with Gasteiger partial charge in [0.2, 0.25) is 23.1 Å². The van der Waals surface area contributed by atoms with E-state index in [0.29, 0.717) is 12.5 Å². The number of hydrogen-bond acceptors (Lipinski definition) is 6. The van der Waals surface area contributed by atoms with Gasteiger partial charge in [-0.3, -0.25) is 4.79 Å². The van der Waals surface area contributed by atoms with Gasteiger partial charge in [0, 0.05) is 12.1 Å². The van der Waals surface area contributed by atoms with E-state index in [4.69, 9.17) is 11.6 Å². The second-order valence-corrected chi connectivity index (χ2v) is 5.73. The van der Waals surface area contributed by atoms with E-state index >= 15 is 0 Å². The number of carbonyl (C=O) groups is 1. The Morgan fingerprint density at radius 1 is 1.25 bits per heavy atom. The maximum absolute atomic E-state index is 12.0. The van der Waals surface area contributed by atoms with Crippen molar-refractivity contribution in [2.24, 2.45) is 0 Å². The van der Waals surface area contributed by atoms with Gasteiger partial charge in [-0.2, -0.15) is 15.0 Å². The van der Waals surface area contributed by atoms with Gasteiger partial charge >= 0.3 is 0 Å². The number of carbonyl (C=O) groups excluding carboxylic acids is 1. The Morgan fingerprint density at radius 3 is 2.40 bits per heavy atom. The summed E-state index contributed by atoms with van der Waals surface area (Å²) in [6.07, 6.45) is 0. The first-order chi connectivity index (χ1) is 9.21. The first-order valence-electron chi connectivity index (χ1n) is 6.45. The summed E-state index contributed by atoms with van der Waals surface area (Å²) in [7, 11) is 0. The molecule has 0 fully saturated rings. The third-order valence-corrected chi connectivity index (χ3v) is 2.35. The van der Waals surface area contributed by atoms with Crippen molar-refractivity contribution in [2.75, 3.05) is 17.2 Å². The minimum Gasteiger partial charge on any atom is -0.354 e. The Bertz CT molecular complexity index is 474. The van der Waals surface area contributed by atoms with E-state index in [0.717, 1.165) is 0 Å². The molecule has 0 aromatic carbocycles. The number of nitrogens with one attached hydrogen (secondary N) is 3. The minimum atomic E-state index is -0.484. The monoisotopic (exact) mass is 300 g/mol. The zero-order chi connectivity index (χ0) is 15.3. The first-order valence-corrected chi connectivity index (χ1v) is 6.83. The molecule has 0 aliphatic carbocycles. The highest BCUT2D eigenvalue weighted by Crippen LogP contribution is 2.10. The number of aromatic nitrogens is 3. The summed E-state index contributed by atoms with van der Waals surface area (Å²) in [6, 6.07) is -0.484. The van der Waals surface area contributed by atoms with Crippen LogP contribution >= 0.6 is 11.6 Å². The van der Waals surface area contributed by atoms with Gasteiger partial charge in [-0.05, 0) is 46.2 Å². The third-order valence-electron chi connectivity index (χ3n) is 2.18. The van der Waals surface area contributed by atoms with E-state index in [1.807, 2.05) is 27.7 Å². The fourth-order valence-electron chi connectivity index (χ4n) is 1.39. The van der Waals surface area contributed by atoms with E-state index in [1.54, 1.807) is 6.92 Å². The number of hydrogen-bond donors (Lipinski definition) is 3. The van der Waals surface area contributed by atoms with Crippen molar-refractivity contribution in [1.29, 1.82) is 0 Å². The Morgan fingerprint density at radius 2 is 1.85 bits per heavy atom. The molecule has 1 unspecified atom stereocenters. The van der Waals surface area contributed by atoms with Gasteiger partial charge in [0.15, 0.2) is 0 Å². The first kappa shape index (κ1) is 16.4. The van der Waals surface area contributed by atoms with E-state index in [1.165, 1.54) is 0 Å². The Kier molecular flexibility index (Phi) is 5.50. The van der Waals surface area contributed by atoms with Gasteiger partial charge in [0.25, 0.3) is 0 Å². The van der Waals surface area contributed by atoms with E-state index in [-0.39, 0.29) is 22.7 Å². The lowest BCUT2D eigenvalue weighted by Crippen LogP contribution is -2.47. The fraction of sp³-hybridized carbons (Fsp3) is 0.667. The number of amides is 1. The maximum Gasteiger partial charge on any atom is 0.242 e. The van der Waals surface area contributed by atoms with Gasteiger partial charge < -0.3 is 16.0 Å². The maximum atomic E-state index is 12.0. The molecule has 20 heavy (non-hydrogen) atoms. The molecule has 0 saturated heterocycles. The second kappa shape index (κ2) is 6.69. The molecule has 8 heteroatoms. The SMILES string of the molecule is CCNc1nc(Cl)nc(NC(C)C(=O)NC(C)(C)C)n1. The minimum absolute atomic E-state index is 0.0712. The molecule has 0 saturated carbocycles. The lowest BCUT2D eigenvalue weighted by Gasteiger charge is -2.23. The molecule has 0 radical (unpaired) electrons. The normalized spacial score (nSPS) is 12.7. The summed E-state index contributed by atoms with van der Waals surface area (Å²) in [6.45, 7) is 10.1. The van der Waals surface area contributed by atoms with E-state index in [2.05, 4.69) is 30.9 Å². The number of rotatable bonds is 5. The highest BCUT2D eigenvalue weighted by Gasteiger charge is 2.20. The molecule has 1 heterocycles. The summed E-state index contributed by atoms with van der Waals surface area (Å²) in [5.41, 5.74) is -0.293. The molecule has 1 aromatic rings. The van der Waals surface area contributed by atoms with Crippen LogP contribution in [0.2, 0.25) is 5.28 Å². The van der Waals surface area contributed by atoms with Crippen LogP contribution in [0.1, 0.15) is 34.6 Å². The van der Waals surface area contributed by atoms with Crippen LogP contribution in [0.25, 0.3) is 0 Å². The molecule has 0 aliphatic heterocycles. The highest BCUT2D eigenvalue weighted by atomic mass is 35.5. The van der Waals surface area contributed by atoms with Crippen molar-refractivity contribution in [1.82, 2.24) is 20.3 Å². The Balaban J connectivity index is 2.74. The van der Waals surface area contributed by atoms with Crippen LogP contribution in [-0.4, -0.2) is 39.0 Å². The molecule has 1 atom stereocenters. The molecule has 0 spiro atoms. The standard InChI is InChI=1S/C12H21ClN6O/c1-6-14-10-16-9(13)17-11(18-10)15-7(2)8(20)19-12(3,4)5/h7H,6H2,1-5H3,(H,19,20)(H2,14,15,16,17,18). The van der Waals surface area contributed by atoms with Crippen LogP contribution in [0.5, 0.6) is 0 Å². The highest BCUT2D eigenvalue weighted by molar-refractivity contribution is 6.28. The van der Waals surface area contributed by atoms with Crippen LogP contribution < -0.4 is 16.0 Å². The Hall–Kier alpha value is -1.63. The van der Waals surface area contributed by atoms with Crippen LogP contribution in [-0.2, 0) is 4.79 Å². The van der Waals surface area contributed by atoms with Crippen molar-refractivity contribution < 1.29 is 4.79 Å². The number of anilines is 2. The Labute approximate surface area is 123 Å². The largest absolute Gasteiger partial charge is 0.354 e. The van der Waals surface area contributed by atoms with Crippen molar-refractivity contribution in [3.05, 3.63) is 5.28 Å². The third kappa shape index (κ3) is 5.56. The summed E-state index contributed by atoms with van der Waals surface area (Å²) in [5, 5.41) is 8.79. The summed E-state index contributed by atoms with van der Waals surface area (Å²) < 4.78 is 0. The molecule has 3 N–H and O–H groups in total. The van der Waals surface area contributed by atoms with Crippen LogP contribution in [0.15, 0.2) is 0 Å². The quantitative estimate of drug-likeness (QED) is 0.766. The zero-order valence-corrected chi connectivity index (χ0v) is 13.2. The molecular weight excluding hydrogens is 280 g/mol. The average molecular weight is 301 g/mol. The zero-order valence-electron chi connectivity index (χ0n) is 12.4. The molecule has 0 bridgehead atoms. The summed E-state index contributed by atoms with van der Waals surface area (Å²) in [5.74, 6) is 0.495. The number of nitrogens with zero attached hydrogens (tertiary/aromatic N) is 3. The van der Waals surface area contributed by atoms with Crippen molar-refractivity contribution >= 4 is 29.4 Å². The van der Waals surface area contributed by atoms with Gasteiger partial charge in [0.1, 0.15) is 6.04 Å². The van der Waals surface area contributed by atoms with Gasteiger partial charge in [-0.1, -0.05) is 0 Å². The molecular formula is C12H21ClN6O. The predicted molar refractivity (Wildman–Crippen MR) is 80.0 cm³/mol. The molecule has 7 nitrogen and oxygen atoms in total. The number of halogens is 1. The molecule has 1 rings (SSSR count). The predicted octanol–water partition coefficient (Wildman–Crippen LogP) is 1.67.